The second kappa shape index (κ2) is 7.76. The number of hydrogen-bond acceptors (Lipinski definition) is 4. The molecule has 0 aliphatic carbocycles. The van der Waals surface area contributed by atoms with Gasteiger partial charge in [0.05, 0.1) is 16.4 Å². The molecule has 0 N–H and O–H groups in total. The van der Waals surface area contributed by atoms with Gasteiger partial charge in [0.15, 0.2) is 17.2 Å². The van der Waals surface area contributed by atoms with Crippen molar-refractivity contribution in [2.45, 2.75) is 0 Å². The number of hydrogen-bond donors (Lipinski definition) is 0. The summed E-state index contributed by atoms with van der Waals surface area (Å²) in [5.74, 6) is 1.59. The van der Waals surface area contributed by atoms with E-state index in [1.807, 2.05) is 30.3 Å². The van der Waals surface area contributed by atoms with Gasteiger partial charge in [0.1, 0.15) is 10.4 Å². The van der Waals surface area contributed by atoms with Crippen LogP contribution in [0.25, 0.3) is 81.3 Å². The maximum Gasteiger partial charge on any atom is 0.163 e. The third kappa shape index (κ3) is 2.88. The normalized spacial score (nSPS) is 12.1. The minimum absolute atomic E-state index is 0.715. The predicted octanol–water partition coefficient (Wildman–Crippen LogP) is 9.51. The third-order valence-corrected chi connectivity index (χ3v) is 8.71. The number of nitrogens with zero attached hydrogens (tertiary/aromatic N) is 3. The minimum Gasteiger partial charge on any atom is -0.454 e. The molecule has 39 heavy (non-hydrogen) atoms. The van der Waals surface area contributed by atoms with Crippen LogP contribution in [0.3, 0.4) is 0 Å². The molecule has 0 amide bonds. The molecule has 9 aromatic rings. The summed E-state index contributed by atoms with van der Waals surface area (Å²) in [6.07, 6.45) is 0. The second-order valence-electron chi connectivity index (χ2n) is 9.80. The summed E-state index contributed by atoms with van der Waals surface area (Å²) < 4.78 is 10.1. The highest BCUT2D eigenvalue weighted by molar-refractivity contribution is 7.25. The molecule has 0 aliphatic heterocycles. The van der Waals surface area contributed by atoms with Crippen LogP contribution in [0.2, 0.25) is 0 Å². The van der Waals surface area contributed by atoms with Crippen LogP contribution in [-0.2, 0) is 0 Å². The van der Waals surface area contributed by atoms with Gasteiger partial charge in [0, 0.05) is 37.2 Å². The van der Waals surface area contributed by atoms with Crippen LogP contribution in [-0.4, -0.2) is 14.5 Å². The Morgan fingerprint density at radius 1 is 0.590 bits per heavy atom. The zero-order chi connectivity index (χ0) is 25.5. The van der Waals surface area contributed by atoms with Crippen molar-refractivity contribution in [3.8, 4) is 17.2 Å². The average Bonchev–Trinajstić information content (AvgIpc) is 3.66. The SMILES string of the molecule is c1ccc(-c2nc(-n3c4ccccc4c4ccc5c6ccccc6oc5c43)c3c(n2)sc2ccccc23)cc1. The van der Waals surface area contributed by atoms with Gasteiger partial charge in [-0.1, -0.05) is 91.0 Å². The van der Waals surface area contributed by atoms with E-state index in [2.05, 4.69) is 89.5 Å². The molecule has 0 bridgehead atoms. The Hall–Kier alpha value is -5.00. The fourth-order valence-electron chi connectivity index (χ4n) is 5.93. The average molecular weight is 518 g/mol. The Kier molecular flexibility index (Phi) is 4.18. The van der Waals surface area contributed by atoms with Gasteiger partial charge in [-0.05, 0) is 24.3 Å². The number of thiophene rings is 1. The minimum atomic E-state index is 0.715. The first kappa shape index (κ1) is 21.0. The molecule has 4 nitrogen and oxygen atoms in total. The number of furan rings is 1. The fourth-order valence-corrected chi connectivity index (χ4v) is 7.00. The summed E-state index contributed by atoms with van der Waals surface area (Å²) >= 11 is 1.71. The van der Waals surface area contributed by atoms with E-state index in [1.165, 1.54) is 10.1 Å². The molecule has 5 heteroatoms. The van der Waals surface area contributed by atoms with Crippen molar-refractivity contribution in [3.05, 3.63) is 115 Å². The molecule has 5 aromatic carbocycles. The molecular weight excluding hydrogens is 498 g/mol. The molecule has 0 unspecified atom stereocenters. The number of rotatable bonds is 2. The van der Waals surface area contributed by atoms with Crippen molar-refractivity contribution < 1.29 is 4.42 Å². The lowest BCUT2D eigenvalue weighted by Gasteiger charge is -2.11. The lowest BCUT2D eigenvalue weighted by molar-refractivity contribution is 0.671. The van der Waals surface area contributed by atoms with Gasteiger partial charge in [-0.25, -0.2) is 9.97 Å². The zero-order valence-electron chi connectivity index (χ0n) is 20.6. The summed E-state index contributed by atoms with van der Waals surface area (Å²) in [7, 11) is 0. The molecule has 9 rings (SSSR count). The van der Waals surface area contributed by atoms with E-state index in [9.17, 15) is 0 Å². The van der Waals surface area contributed by atoms with Crippen LogP contribution in [0.5, 0.6) is 0 Å². The Labute approximate surface area is 226 Å². The van der Waals surface area contributed by atoms with E-state index in [4.69, 9.17) is 14.4 Å². The Morgan fingerprint density at radius 3 is 2.21 bits per heavy atom. The molecule has 0 saturated carbocycles. The first-order chi connectivity index (χ1) is 19.3. The van der Waals surface area contributed by atoms with Gasteiger partial charge in [0.2, 0.25) is 0 Å². The summed E-state index contributed by atoms with van der Waals surface area (Å²) in [6, 6.07) is 40.0. The Morgan fingerprint density at radius 2 is 1.31 bits per heavy atom. The maximum absolute atomic E-state index is 6.59. The second-order valence-corrected chi connectivity index (χ2v) is 10.8. The molecular formula is C34H19N3OS. The van der Waals surface area contributed by atoms with Crippen LogP contribution >= 0.6 is 11.3 Å². The zero-order valence-corrected chi connectivity index (χ0v) is 21.4. The highest BCUT2D eigenvalue weighted by atomic mass is 32.1. The maximum atomic E-state index is 6.59. The van der Waals surface area contributed by atoms with Crippen molar-refractivity contribution in [1.82, 2.24) is 14.5 Å². The smallest absolute Gasteiger partial charge is 0.163 e. The van der Waals surface area contributed by atoms with Crippen molar-refractivity contribution >= 4 is 75.4 Å². The molecule has 0 atom stereocenters. The highest BCUT2D eigenvalue weighted by Crippen LogP contribution is 2.43. The standard InChI is InChI=1S/C34H19N3OS/c1-2-10-20(11-3-1)32-35-33(29-25-14-6-9-17-28(25)39-34(29)36-32)37-26-15-7-4-12-21(26)23-18-19-24-22-13-5-8-16-27(22)38-31(24)30(23)37/h1-19H. The quantitative estimate of drug-likeness (QED) is 0.229. The van der Waals surface area contributed by atoms with Crippen molar-refractivity contribution in [2.24, 2.45) is 0 Å². The van der Waals surface area contributed by atoms with Gasteiger partial charge >= 0.3 is 0 Å². The summed E-state index contributed by atoms with van der Waals surface area (Å²) in [6.45, 7) is 0. The van der Waals surface area contributed by atoms with Crippen molar-refractivity contribution in [3.63, 3.8) is 0 Å². The first-order valence-electron chi connectivity index (χ1n) is 12.9. The summed E-state index contributed by atoms with van der Waals surface area (Å²) in [4.78, 5) is 11.4. The largest absolute Gasteiger partial charge is 0.454 e. The van der Waals surface area contributed by atoms with Crippen molar-refractivity contribution in [2.75, 3.05) is 0 Å². The monoisotopic (exact) mass is 517 g/mol. The van der Waals surface area contributed by atoms with Gasteiger partial charge < -0.3 is 4.42 Å². The molecule has 0 aliphatic rings. The van der Waals surface area contributed by atoms with E-state index < -0.39 is 0 Å². The van der Waals surface area contributed by atoms with E-state index in [0.29, 0.717) is 5.82 Å². The van der Waals surface area contributed by atoms with Gasteiger partial charge in [-0.2, -0.15) is 0 Å². The van der Waals surface area contributed by atoms with Gasteiger partial charge in [-0.3, -0.25) is 4.57 Å². The van der Waals surface area contributed by atoms with Crippen LogP contribution in [0.4, 0.5) is 0 Å². The molecule has 0 saturated heterocycles. The number of benzene rings is 5. The van der Waals surface area contributed by atoms with Crippen LogP contribution in [0.15, 0.2) is 120 Å². The first-order valence-corrected chi connectivity index (χ1v) is 13.8. The highest BCUT2D eigenvalue weighted by Gasteiger charge is 2.23. The Balaban J connectivity index is 1.53. The van der Waals surface area contributed by atoms with E-state index >= 15 is 0 Å². The third-order valence-electron chi connectivity index (χ3n) is 7.64. The lowest BCUT2D eigenvalue weighted by atomic mass is 10.1. The molecule has 0 spiro atoms. The summed E-state index contributed by atoms with van der Waals surface area (Å²) in [5, 5.41) is 6.75. The fraction of sp³-hybridized carbons (Fsp3) is 0. The number of fused-ring (bicyclic) bond motifs is 10. The Bertz CT molecular complexity index is 2400. The molecule has 182 valence electrons. The molecule has 0 radical (unpaired) electrons. The lowest BCUT2D eigenvalue weighted by Crippen LogP contribution is -2.02. The number of aromatic nitrogens is 3. The molecule has 4 aromatic heterocycles. The van der Waals surface area contributed by atoms with Crippen molar-refractivity contribution in [1.29, 1.82) is 0 Å². The van der Waals surface area contributed by atoms with Crippen LogP contribution < -0.4 is 0 Å². The molecule has 4 heterocycles. The van der Waals surface area contributed by atoms with E-state index in [1.54, 1.807) is 11.3 Å². The topological polar surface area (TPSA) is 43.9 Å². The van der Waals surface area contributed by atoms with E-state index in [-0.39, 0.29) is 0 Å². The van der Waals surface area contributed by atoms with Gasteiger partial charge in [-0.15, -0.1) is 11.3 Å². The predicted molar refractivity (Wildman–Crippen MR) is 162 cm³/mol. The summed E-state index contributed by atoms with van der Waals surface area (Å²) in [5.41, 5.74) is 4.87. The number of para-hydroxylation sites is 2. The van der Waals surface area contributed by atoms with Crippen LogP contribution in [0, 0.1) is 0 Å². The van der Waals surface area contributed by atoms with Crippen LogP contribution in [0.1, 0.15) is 0 Å². The van der Waals surface area contributed by atoms with E-state index in [0.717, 1.165) is 65.3 Å². The van der Waals surface area contributed by atoms with Gasteiger partial charge in [0.25, 0.3) is 0 Å². The molecule has 0 fully saturated rings.